The average Bonchev–Trinajstić information content (AvgIpc) is 2.60. The Kier molecular flexibility index (Phi) is 6.78. The van der Waals surface area contributed by atoms with Crippen molar-refractivity contribution in [2.75, 3.05) is 11.9 Å². The van der Waals surface area contributed by atoms with Crippen molar-refractivity contribution in [2.24, 2.45) is 0 Å². The number of hydrogen-bond donors (Lipinski definition) is 1. The number of amides is 1. The first-order valence-corrected chi connectivity index (χ1v) is 9.45. The smallest absolute Gasteiger partial charge is 0.261 e. The highest BCUT2D eigenvalue weighted by molar-refractivity contribution is 6.07. The molecule has 0 saturated heterocycles. The molecule has 1 aromatic carbocycles. The summed E-state index contributed by atoms with van der Waals surface area (Å²) in [4.78, 5) is 17.6. The number of carbonyl (C=O) groups is 1. The second-order valence-corrected chi connectivity index (χ2v) is 6.69. The van der Waals surface area contributed by atoms with Gasteiger partial charge in [-0.3, -0.25) is 9.78 Å². The predicted octanol–water partition coefficient (Wildman–Crippen LogP) is 5.17. The number of ether oxygens (including phenoxy) is 1. The van der Waals surface area contributed by atoms with Gasteiger partial charge in [-0.05, 0) is 51.2 Å². The molecule has 1 amide bonds. The Labute approximate surface area is 157 Å². The van der Waals surface area contributed by atoms with E-state index in [1.165, 1.54) is 5.56 Å². The van der Waals surface area contributed by atoms with Crippen molar-refractivity contribution in [3.63, 3.8) is 0 Å². The fourth-order valence-electron chi connectivity index (χ4n) is 3.23. The summed E-state index contributed by atoms with van der Waals surface area (Å²) in [6, 6.07) is 6.13. The van der Waals surface area contributed by atoms with Gasteiger partial charge in [-0.15, -0.1) is 0 Å². The van der Waals surface area contributed by atoms with E-state index in [0.717, 1.165) is 41.8 Å². The van der Waals surface area contributed by atoms with Crippen molar-refractivity contribution in [1.82, 2.24) is 4.98 Å². The first-order valence-electron chi connectivity index (χ1n) is 9.45. The first kappa shape index (κ1) is 20.0. The number of carbonyl (C=O) groups excluding carboxylic acids is 1. The number of aromatic nitrogens is 1. The lowest BCUT2D eigenvalue weighted by Gasteiger charge is -2.18. The maximum absolute atomic E-state index is 13.1. The zero-order chi connectivity index (χ0) is 19.3. The summed E-state index contributed by atoms with van der Waals surface area (Å²) in [5, 5.41) is 3.14. The molecule has 26 heavy (non-hydrogen) atoms. The molecular formula is C22H30N2O2. The SMILES string of the molecule is CCCOc1cc(C)nc(C)c1C(=O)Nc1c(CC)cc(C)cc1CC. The van der Waals surface area contributed by atoms with Crippen LogP contribution < -0.4 is 10.1 Å². The Balaban J connectivity index is 2.45. The number of pyridine rings is 1. The van der Waals surface area contributed by atoms with E-state index in [1.807, 2.05) is 26.8 Å². The van der Waals surface area contributed by atoms with E-state index in [2.05, 4.69) is 43.2 Å². The molecule has 0 aliphatic carbocycles. The van der Waals surface area contributed by atoms with Crippen molar-refractivity contribution in [3.05, 3.63) is 51.8 Å². The zero-order valence-electron chi connectivity index (χ0n) is 16.8. The molecule has 0 saturated carbocycles. The van der Waals surface area contributed by atoms with E-state index >= 15 is 0 Å². The Morgan fingerprint density at radius 2 is 1.65 bits per heavy atom. The molecule has 0 aliphatic rings. The molecule has 4 heteroatoms. The second-order valence-electron chi connectivity index (χ2n) is 6.69. The van der Waals surface area contributed by atoms with E-state index in [0.29, 0.717) is 23.6 Å². The van der Waals surface area contributed by atoms with Crippen LogP contribution in [0.3, 0.4) is 0 Å². The van der Waals surface area contributed by atoms with Gasteiger partial charge in [0.05, 0.1) is 12.3 Å². The lowest BCUT2D eigenvalue weighted by Crippen LogP contribution is -2.19. The highest BCUT2D eigenvalue weighted by Gasteiger charge is 2.20. The van der Waals surface area contributed by atoms with Gasteiger partial charge in [0.2, 0.25) is 0 Å². The minimum Gasteiger partial charge on any atom is -0.493 e. The summed E-state index contributed by atoms with van der Waals surface area (Å²) >= 11 is 0. The molecular weight excluding hydrogens is 324 g/mol. The summed E-state index contributed by atoms with van der Waals surface area (Å²) in [5.41, 5.74) is 6.52. The average molecular weight is 354 g/mol. The van der Waals surface area contributed by atoms with Gasteiger partial charge >= 0.3 is 0 Å². The van der Waals surface area contributed by atoms with E-state index in [1.54, 1.807) is 0 Å². The van der Waals surface area contributed by atoms with Crippen molar-refractivity contribution in [3.8, 4) is 5.75 Å². The molecule has 1 N–H and O–H groups in total. The second kappa shape index (κ2) is 8.84. The van der Waals surface area contributed by atoms with Gasteiger partial charge < -0.3 is 10.1 Å². The van der Waals surface area contributed by atoms with Crippen molar-refractivity contribution in [2.45, 2.75) is 60.8 Å². The highest BCUT2D eigenvalue weighted by atomic mass is 16.5. The van der Waals surface area contributed by atoms with Gasteiger partial charge in [0.25, 0.3) is 5.91 Å². The Hall–Kier alpha value is -2.36. The maximum Gasteiger partial charge on any atom is 0.261 e. The standard InChI is InChI=1S/C22H30N2O2/c1-7-10-26-19-13-15(5)23-16(6)20(19)22(25)24-21-17(8-2)11-14(4)12-18(21)9-3/h11-13H,7-10H2,1-6H3,(H,24,25). The molecule has 2 rings (SSSR count). The number of rotatable bonds is 7. The highest BCUT2D eigenvalue weighted by Crippen LogP contribution is 2.28. The van der Waals surface area contributed by atoms with Gasteiger partial charge in [-0.2, -0.15) is 0 Å². The lowest BCUT2D eigenvalue weighted by molar-refractivity contribution is 0.102. The molecule has 0 unspecified atom stereocenters. The molecule has 0 spiro atoms. The van der Waals surface area contributed by atoms with Crippen LogP contribution in [0, 0.1) is 20.8 Å². The van der Waals surface area contributed by atoms with Crippen LogP contribution in [0.4, 0.5) is 5.69 Å². The number of hydrogen-bond acceptors (Lipinski definition) is 3. The Morgan fingerprint density at radius 1 is 1.04 bits per heavy atom. The van der Waals surface area contributed by atoms with E-state index in [4.69, 9.17) is 4.74 Å². The third kappa shape index (κ3) is 4.43. The molecule has 0 atom stereocenters. The van der Waals surface area contributed by atoms with Gasteiger partial charge in [-0.25, -0.2) is 0 Å². The number of nitrogens with zero attached hydrogens (tertiary/aromatic N) is 1. The van der Waals surface area contributed by atoms with Crippen molar-refractivity contribution in [1.29, 1.82) is 0 Å². The van der Waals surface area contributed by atoms with Crippen molar-refractivity contribution < 1.29 is 9.53 Å². The minimum atomic E-state index is -0.158. The van der Waals surface area contributed by atoms with Crippen LogP contribution in [-0.4, -0.2) is 17.5 Å². The fraction of sp³-hybridized carbons (Fsp3) is 0.455. The number of benzene rings is 1. The lowest BCUT2D eigenvalue weighted by atomic mass is 9.99. The van der Waals surface area contributed by atoms with Crippen LogP contribution in [-0.2, 0) is 12.8 Å². The number of aryl methyl sites for hydroxylation is 5. The molecule has 140 valence electrons. The molecule has 0 aliphatic heterocycles. The Morgan fingerprint density at radius 3 is 2.19 bits per heavy atom. The maximum atomic E-state index is 13.1. The summed E-state index contributed by atoms with van der Waals surface area (Å²) in [7, 11) is 0. The van der Waals surface area contributed by atoms with Crippen LogP contribution in [0.25, 0.3) is 0 Å². The molecule has 1 aromatic heterocycles. The summed E-state index contributed by atoms with van der Waals surface area (Å²) in [6.07, 6.45) is 2.63. The Bertz CT molecular complexity index is 772. The quantitative estimate of drug-likeness (QED) is 0.746. The topological polar surface area (TPSA) is 51.2 Å². The third-order valence-electron chi connectivity index (χ3n) is 4.43. The summed E-state index contributed by atoms with van der Waals surface area (Å²) < 4.78 is 5.84. The summed E-state index contributed by atoms with van der Waals surface area (Å²) in [5.74, 6) is 0.451. The van der Waals surface area contributed by atoms with E-state index in [9.17, 15) is 4.79 Å². The normalized spacial score (nSPS) is 10.7. The molecule has 1 heterocycles. The van der Waals surface area contributed by atoms with Crippen LogP contribution in [0.1, 0.15) is 65.6 Å². The zero-order valence-corrected chi connectivity index (χ0v) is 16.8. The predicted molar refractivity (Wildman–Crippen MR) is 107 cm³/mol. The van der Waals surface area contributed by atoms with Crippen molar-refractivity contribution >= 4 is 11.6 Å². The van der Waals surface area contributed by atoms with Gasteiger partial charge in [0.15, 0.2) is 0 Å². The largest absolute Gasteiger partial charge is 0.493 e. The van der Waals surface area contributed by atoms with Crippen LogP contribution in [0.15, 0.2) is 18.2 Å². The number of nitrogens with one attached hydrogen (secondary N) is 1. The first-order chi connectivity index (χ1) is 12.4. The molecule has 0 bridgehead atoms. The fourth-order valence-corrected chi connectivity index (χ4v) is 3.23. The third-order valence-corrected chi connectivity index (χ3v) is 4.43. The van der Waals surface area contributed by atoms with E-state index in [-0.39, 0.29) is 5.91 Å². The molecule has 4 nitrogen and oxygen atoms in total. The number of anilines is 1. The minimum absolute atomic E-state index is 0.158. The van der Waals surface area contributed by atoms with Crippen LogP contribution in [0.2, 0.25) is 0 Å². The van der Waals surface area contributed by atoms with Gasteiger partial charge in [-0.1, -0.05) is 38.5 Å². The molecule has 2 aromatic rings. The molecule has 0 fully saturated rings. The van der Waals surface area contributed by atoms with Gasteiger partial charge in [0.1, 0.15) is 11.3 Å². The van der Waals surface area contributed by atoms with Crippen LogP contribution in [0.5, 0.6) is 5.75 Å². The monoisotopic (exact) mass is 354 g/mol. The summed E-state index contributed by atoms with van der Waals surface area (Å²) in [6.45, 7) is 12.7. The molecule has 0 radical (unpaired) electrons. The van der Waals surface area contributed by atoms with Gasteiger partial charge in [0, 0.05) is 17.4 Å². The van der Waals surface area contributed by atoms with E-state index < -0.39 is 0 Å². The van der Waals surface area contributed by atoms with Crippen LogP contribution >= 0.6 is 0 Å².